The monoisotopic (exact) mass is 310 g/mol. The molecule has 1 fully saturated rings. The first-order valence-corrected chi connectivity index (χ1v) is 7.68. The maximum Gasteiger partial charge on any atom is 0.410 e. The molecule has 1 aliphatic rings. The van der Waals surface area contributed by atoms with Gasteiger partial charge in [0.1, 0.15) is 11.4 Å². The summed E-state index contributed by atoms with van der Waals surface area (Å²) in [5.41, 5.74) is 0.634. The average Bonchev–Trinajstić information content (AvgIpc) is 2.83. The van der Waals surface area contributed by atoms with Crippen molar-refractivity contribution in [1.82, 2.24) is 10.2 Å². The van der Waals surface area contributed by atoms with Crippen LogP contribution in [0.5, 0.6) is 0 Å². The van der Waals surface area contributed by atoms with Gasteiger partial charge in [0.25, 0.3) is 0 Å². The molecule has 0 spiro atoms. The normalized spacial score (nSPS) is 19.3. The highest BCUT2D eigenvalue weighted by Crippen LogP contribution is 2.15. The Morgan fingerprint density at radius 2 is 2.27 bits per heavy atom. The van der Waals surface area contributed by atoms with Gasteiger partial charge in [0.2, 0.25) is 0 Å². The van der Waals surface area contributed by atoms with Gasteiger partial charge in [-0.3, -0.25) is 4.90 Å². The van der Waals surface area contributed by atoms with Crippen LogP contribution >= 0.6 is 0 Å². The Labute approximate surface area is 131 Å². The molecule has 0 bridgehead atoms. The highest BCUT2D eigenvalue weighted by molar-refractivity contribution is 5.68. The van der Waals surface area contributed by atoms with Crippen LogP contribution in [-0.4, -0.2) is 48.9 Å². The molecule has 1 aromatic rings. The van der Waals surface area contributed by atoms with Crippen LogP contribution < -0.4 is 5.32 Å². The van der Waals surface area contributed by atoms with Crippen molar-refractivity contribution in [2.24, 2.45) is 0 Å². The first-order valence-electron chi connectivity index (χ1n) is 7.68. The lowest BCUT2D eigenvalue weighted by Gasteiger charge is -2.36. The number of nitrogens with zero attached hydrogens (tertiary/aromatic N) is 1. The van der Waals surface area contributed by atoms with E-state index in [4.69, 9.17) is 13.9 Å². The third-order valence-electron chi connectivity index (χ3n) is 3.49. The fraction of sp³-hybridized carbons (Fsp3) is 0.688. The zero-order valence-electron chi connectivity index (χ0n) is 13.8. The van der Waals surface area contributed by atoms with Crippen LogP contribution in [0.4, 0.5) is 4.79 Å². The second-order valence-corrected chi connectivity index (χ2v) is 6.56. The van der Waals surface area contributed by atoms with Gasteiger partial charge in [-0.05, 0) is 39.3 Å². The molecular weight excluding hydrogens is 284 g/mol. The Balaban J connectivity index is 1.87. The Morgan fingerprint density at radius 1 is 1.50 bits per heavy atom. The summed E-state index contributed by atoms with van der Waals surface area (Å²) in [7, 11) is 0. The molecule has 1 amide bonds. The maximum absolute atomic E-state index is 12.3. The molecule has 6 nitrogen and oxygen atoms in total. The van der Waals surface area contributed by atoms with Crippen LogP contribution in [0, 0.1) is 6.92 Å². The lowest BCUT2D eigenvalue weighted by atomic mass is 10.2. The van der Waals surface area contributed by atoms with Gasteiger partial charge in [-0.2, -0.15) is 0 Å². The Hall–Kier alpha value is -1.53. The first kappa shape index (κ1) is 16.8. The predicted molar refractivity (Wildman–Crippen MR) is 82.7 cm³/mol. The van der Waals surface area contributed by atoms with E-state index in [0.29, 0.717) is 32.8 Å². The van der Waals surface area contributed by atoms with E-state index < -0.39 is 5.60 Å². The minimum absolute atomic E-state index is 0.0288. The highest BCUT2D eigenvalue weighted by atomic mass is 16.6. The fourth-order valence-electron chi connectivity index (χ4n) is 2.32. The van der Waals surface area contributed by atoms with E-state index in [0.717, 1.165) is 11.3 Å². The topological polar surface area (TPSA) is 63.9 Å². The highest BCUT2D eigenvalue weighted by Gasteiger charge is 2.30. The van der Waals surface area contributed by atoms with Gasteiger partial charge >= 0.3 is 6.09 Å². The van der Waals surface area contributed by atoms with Crippen molar-refractivity contribution in [3.05, 3.63) is 23.7 Å². The van der Waals surface area contributed by atoms with Crippen molar-refractivity contribution in [2.75, 3.05) is 26.3 Å². The Morgan fingerprint density at radius 3 is 2.91 bits per heavy atom. The molecule has 1 unspecified atom stereocenters. The Bertz CT molecular complexity index is 493. The number of carbonyl (C=O) groups is 1. The minimum atomic E-state index is -0.487. The quantitative estimate of drug-likeness (QED) is 0.924. The minimum Gasteiger partial charge on any atom is -0.468 e. The molecule has 0 aromatic carbocycles. The predicted octanol–water partition coefficient (Wildman–Crippen LogP) is 2.31. The van der Waals surface area contributed by atoms with Gasteiger partial charge in [-0.15, -0.1) is 0 Å². The molecule has 1 saturated heterocycles. The summed E-state index contributed by atoms with van der Waals surface area (Å²) in [4.78, 5) is 14.0. The van der Waals surface area contributed by atoms with Crippen LogP contribution in [0.1, 0.15) is 32.1 Å². The van der Waals surface area contributed by atoms with Crippen molar-refractivity contribution < 1.29 is 18.7 Å². The van der Waals surface area contributed by atoms with Crippen molar-refractivity contribution in [3.8, 4) is 0 Å². The van der Waals surface area contributed by atoms with Crippen molar-refractivity contribution in [2.45, 2.75) is 45.9 Å². The summed E-state index contributed by atoms with van der Waals surface area (Å²) in [6, 6.07) is 1.91. The van der Waals surface area contributed by atoms with E-state index in [2.05, 4.69) is 5.32 Å². The van der Waals surface area contributed by atoms with E-state index in [1.807, 2.05) is 33.8 Å². The maximum atomic E-state index is 12.3. The van der Waals surface area contributed by atoms with E-state index in [1.54, 1.807) is 11.2 Å². The van der Waals surface area contributed by atoms with Crippen molar-refractivity contribution in [3.63, 3.8) is 0 Å². The van der Waals surface area contributed by atoms with Crippen LogP contribution in [0.15, 0.2) is 16.7 Å². The molecule has 0 radical (unpaired) electrons. The molecule has 1 aliphatic heterocycles. The number of ether oxygens (including phenoxy) is 2. The molecule has 1 N–H and O–H groups in total. The number of morpholine rings is 1. The summed E-state index contributed by atoms with van der Waals surface area (Å²) < 4.78 is 16.3. The number of amides is 1. The first-order chi connectivity index (χ1) is 10.4. The number of aryl methyl sites for hydroxylation is 1. The Kier molecular flexibility index (Phi) is 5.47. The van der Waals surface area contributed by atoms with E-state index >= 15 is 0 Å². The van der Waals surface area contributed by atoms with Gasteiger partial charge in [-0.25, -0.2) is 4.79 Å². The van der Waals surface area contributed by atoms with E-state index in [-0.39, 0.29) is 12.1 Å². The second-order valence-electron chi connectivity index (χ2n) is 6.56. The van der Waals surface area contributed by atoms with E-state index in [1.165, 1.54) is 0 Å². The molecule has 2 rings (SSSR count). The van der Waals surface area contributed by atoms with Gasteiger partial charge < -0.3 is 19.2 Å². The average molecular weight is 310 g/mol. The van der Waals surface area contributed by atoms with Crippen LogP contribution in [0.3, 0.4) is 0 Å². The van der Waals surface area contributed by atoms with Gasteiger partial charge in [0.05, 0.1) is 32.1 Å². The zero-order chi connectivity index (χ0) is 16.2. The molecule has 2 heterocycles. The number of carbonyl (C=O) groups excluding carboxylic acids is 1. The molecule has 1 aromatic heterocycles. The molecule has 1 atom stereocenters. The van der Waals surface area contributed by atoms with Crippen LogP contribution in [0.25, 0.3) is 0 Å². The third kappa shape index (κ3) is 4.74. The lowest BCUT2D eigenvalue weighted by Crippen LogP contribution is -2.54. The van der Waals surface area contributed by atoms with Crippen LogP contribution in [0.2, 0.25) is 0 Å². The molecule has 6 heteroatoms. The summed E-state index contributed by atoms with van der Waals surface area (Å²) in [6.45, 7) is 10.5. The molecule has 0 aliphatic carbocycles. The lowest BCUT2D eigenvalue weighted by molar-refractivity contribution is -0.0318. The standard InChI is InChI=1S/C16H26N2O4/c1-12-5-7-21-14(12)10-17-9-13-11-20-8-6-18(13)15(19)22-16(2,3)4/h5,7,13,17H,6,8-11H2,1-4H3. The smallest absolute Gasteiger partial charge is 0.410 e. The van der Waals surface area contributed by atoms with Crippen LogP contribution in [-0.2, 0) is 16.0 Å². The molecule has 124 valence electrons. The third-order valence-corrected chi connectivity index (χ3v) is 3.49. The van der Waals surface area contributed by atoms with Gasteiger partial charge in [0.15, 0.2) is 0 Å². The second kappa shape index (κ2) is 7.15. The molecular formula is C16H26N2O4. The number of hydrogen-bond acceptors (Lipinski definition) is 5. The fourth-order valence-corrected chi connectivity index (χ4v) is 2.32. The zero-order valence-corrected chi connectivity index (χ0v) is 13.8. The number of nitrogens with one attached hydrogen (secondary N) is 1. The van der Waals surface area contributed by atoms with Gasteiger partial charge in [0, 0.05) is 13.1 Å². The van der Waals surface area contributed by atoms with E-state index in [9.17, 15) is 4.79 Å². The van der Waals surface area contributed by atoms with Gasteiger partial charge in [-0.1, -0.05) is 0 Å². The van der Waals surface area contributed by atoms with Crippen molar-refractivity contribution in [1.29, 1.82) is 0 Å². The summed E-state index contributed by atoms with van der Waals surface area (Å²) in [5, 5.41) is 3.32. The summed E-state index contributed by atoms with van der Waals surface area (Å²) >= 11 is 0. The summed E-state index contributed by atoms with van der Waals surface area (Å²) in [6.07, 6.45) is 1.40. The number of hydrogen-bond donors (Lipinski definition) is 1. The van der Waals surface area contributed by atoms with Crippen molar-refractivity contribution >= 4 is 6.09 Å². The number of furan rings is 1. The summed E-state index contributed by atoms with van der Waals surface area (Å²) in [5.74, 6) is 0.917. The number of rotatable bonds is 4. The molecule has 22 heavy (non-hydrogen) atoms. The largest absolute Gasteiger partial charge is 0.468 e. The SMILES string of the molecule is Cc1ccoc1CNCC1COCCN1C(=O)OC(C)(C)C. The molecule has 0 saturated carbocycles.